The predicted molar refractivity (Wildman–Crippen MR) is 104 cm³/mol. The molecule has 0 saturated carbocycles. The molecule has 27 heavy (non-hydrogen) atoms. The van der Waals surface area contributed by atoms with Crippen LogP contribution in [-0.4, -0.2) is 25.7 Å². The Balaban J connectivity index is 1.78. The van der Waals surface area contributed by atoms with E-state index < -0.39 is 5.41 Å². The number of benzene rings is 2. The summed E-state index contributed by atoms with van der Waals surface area (Å²) in [4.78, 5) is 13.2. The number of amides is 1. The Kier molecular flexibility index (Phi) is 6.11. The quantitative estimate of drug-likeness (QED) is 0.810. The molecule has 1 saturated heterocycles. The van der Waals surface area contributed by atoms with Crippen molar-refractivity contribution in [3.05, 3.63) is 59.9 Å². The van der Waals surface area contributed by atoms with Gasteiger partial charge in [0.15, 0.2) is 0 Å². The molecule has 5 heteroatoms. The summed E-state index contributed by atoms with van der Waals surface area (Å²) < 4.78 is 25.6. The molecule has 0 atom stereocenters. The highest BCUT2D eigenvalue weighted by atomic mass is 19.1. The maximum absolute atomic E-state index is 14.5. The number of carbonyl (C=O) groups excluding carboxylic acids is 1. The van der Waals surface area contributed by atoms with Crippen LogP contribution in [0, 0.1) is 11.7 Å². The van der Waals surface area contributed by atoms with Crippen molar-refractivity contribution in [2.24, 2.45) is 5.92 Å². The molecule has 4 nitrogen and oxygen atoms in total. The Morgan fingerprint density at radius 3 is 2.44 bits per heavy atom. The van der Waals surface area contributed by atoms with Crippen LogP contribution in [0.15, 0.2) is 48.5 Å². The van der Waals surface area contributed by atoms with Gasteiger partial charge in [0.05, 0.1) is 12.0 Å². The zero-order chi connectivity index (χ0) is 19.3. The van der Waals surface area contributed by atoms with Crippen molar-refractivity contribution < 1.29 is 18.7 Å². The van der Waals surface area contributed by atoms with Crippen molar-refractivity contribution >= 4 is 11.6 Å². The first-order valence-electron chi connectivity index (χ1n) is 9.38. The molecule has 1 aliphatic rings. The van der Waals surface area contributed by atoms with Crippen LogP contribution in [-0.2, 0) is 14.9 Å². The van der Waals surface area contributed by atoms with Gasteiger partial charge in [-0.2, -0.15) is 0 Å². The van der Waals surface area contributed by atoms with Crippen LogP contribution >= 0.6 is 0 Å². The van der Waals surface area contributed by atoms with Crippen LogP contribution < -0.4 is 10.1 Å². The first-order chi connectivity index (χ1) is 13.0. The first-order valence-corrected chi connectivity index (χ1v) is 9.38. The van der Waals surface area contributed by atoms with Crippen LogP contribution in [0.2, 0.25) is 0 Å². The maximum Gasteiger partial charge on any atom is 0.235 e. The molecule has 1 heterocycles. The average Bonchev–Trinajstić information content (AvgIpc) is 2.68. The zero-order valence-electron chi connectivity index (χ0n) is 15.8. The molecule has 3 rings (SSSR count). The molecular weight excluding hydrogens is 345 g/mol. The summed E-state index contributed by atoms with van der Waals surface area (Å²) in [5.41, 5.74) is 0.179. The van der Waals surface area contributed by atoms with Crippen LogP contribution in [0.5, 0.6) is 5.75 Å². The van der Waals surface area contributed by atoms with Gasteiger partial charge in [-0.05, 0) is 49.1 Å². The third-order valence-electron chi connectivity index (χ3n) is 4.87. The van der Waals surface area contributed by atoms with Gasteiger partial charge in [-0.25, -0.2) is 4.39 Å². The van der Waals surface area contributed by atoms with E-state index in [0.717, 1.165) is 5.75 Å². The lowest BCUT2D eigenvalue weighted by Crippen LogP contribution is -2.45. The minimum atomic E-state index is -0.920. The van der Waals surface area contributed by atoms with Gasteiger partial charge < -0.3 is 14.8 Å². The smallest absolute Gasteiger partial charge is 0.235 e. The molecule has 1 fully saturated rings. The van der Waals surface area contributed by atoms with Crippen molar-refractivity contribution in [2.45, 2.75) is 32.1 Å². The van der Waals surface area contributed by atoms with Gasteiger partial charge >= 0.3 is 0 Å². The second-order valence-corrected chi connectivity index (χ2v) is 7.36. The number of halogens is 1. The molecule has 0 bridgehead atoms. The second kappa shape index (κ2) is 8.53. The summed E-state index contributed by atoms with van der Waals surface area (Å²) in [6.07, 6.45) is 0.907. The van der Waals surface area contributed by atoms with Gasteiger partial charge in [-0.1, -0.05) is 32.0 Å². The molecule has 0 unspecified atom stereocenters. The van der Waals surface area contributed by atoms with Crippen LogP contribution in [0.1, 0.15) is 32.3 Å². The maximum atomic E-state index is 14.5. The summed E-state index contributed by atoms with van der Waals surface area (Å²) in [5, 5.41) is 2.95. The molecule has 1 aliphatic heterocycles. The van der Waals surface area contributed by atoms with Gasteiger partial charge in [-0.15, -0.1) is 0 Å². The number of nitrogens with one attached hydrogen (secondary N) is 1. The zero-order valence-corrected chi connectivity index (χ0v) is 15.8. The Morgan fingerprint density at radius 1 is 1.15 bits per heavy atom. The lowest BCUT2D eigenvalue weighted by atomic mass is 9.73. The summed E-state index contributed by atoms with van der Waals surface area (Å²) in [6.45, 7) is 5.69. The summed E-state index contributed by atoms with van der Waals surface area (Å²) in [6, 6.07) is 13.8. The van der Waals surface area contributed by atoms with E-state index in [1.54, 1.807) is 18.2 Å². The van der Waals surface area contributed by atoms with E-state index in [0.29, 0.717) is 49.8 Å². The van der Waals surface area contributed by atoms with Gasteiger partial charge in [0, 0.05) is 24.5 Å². The third kappa shape index (κ3) is 4.48. The van der Waals surface area contributed by atoms with Crippen molar-refractivity contribution in [3.63, 3.8) is 0 Å². The van der Waals surface area contributed by atoms with Crippen molar-refractivity contribution in [2.75, 3.05) is 25.1 Å². The SMILES string of the molecule is CC(C)COc1ccc(NC(=O)C2(c3ccccc3F)CCOCC2)cc1. The molecule has 1 amide bonds. The highest BCUT2D eigenvalue weighted by Crippen LogP contribution is 2.37. The monoisotopic (exact) mass is 371 g/mol. The molecule has 0 aromatic heterocycles. The number of anilines is 1. The Hall–Kier alpha value is -2.40. The summed E-state index contributed by atoms with van der Waals surface area (Å²) in [5.74, 6) is 0.647. The third-order valence-corrected chi connectivity index (χ3v) is 4.87. The number of carbonyl (C=O) groups is 1. The van der Waals surface area contributed by atoms with Gasteiger partial charge in [-0.3, -0.25) is 4.79 Å². The number of ether oxygens (including phenoxy) is 2. The minimum absolute atomic E-state index is 0.202. The standard InChI is InChI=1S/C22H26FNO3/c1-16(2)15-27-18-9-7-17(8-10-18)24-21(25)22(11-13-26-14-12-22)19-5-3-4-6-20(19)23/h3-10,16H,11-15H2,1-2H3,(H,24,25). The molecule has 1 N–H and O–H groups in total. The van der Waals surface area contributed by atoms with E-state index in [9.17, 15) is 9.18 Å². The largest absolute Gasteiger partial charge is 0.493 e. The predicted octanol–water partition coefficient (Wildman–Crippen LogP) is 4.55. The minimum Gasteiger partial charge on any atom is -0.493 e. The average molecular weight is 371 g/mol. The molecule has 2 aromatic rings. The van der Waals surface area contributed by atoms with Gasteiger partial charge in [0.1, 0.15) is 11.6 Å². The second-order valence-electron chi connectivity index (χ2n) is 7.36. The number of hydrogen-bond donors (Lipinski definition) is 1. The van der Waals surface area contributed by atoms with E-state index in [1.807, 2.05) is 24.3 Å². The molecule has 0 aliphatic carbocycles. The molecule has 0 radical (unpaired) electrons. The molecule has 144 valence electrons. The van der Waals surface area contributed by atoms with E-state index in [4.69, 9.17) is 9.47 Å². The number of rotatable bonds is 6. The first kappa shape index (κ1) is 19.4. The Labute approximate surface area is 159 Å². The lowest BCUT2D eigenvalue weighted by molar-refractivity contribution is -0.125. The highest BCUT2D eigenvalue weighted by Gasteiger charge is 2.43. The van der Waals surface area contributed by atoms with E-state index in [1.165, 1.54) is 6.07 Å². The molecular formula is C22H26FNO3. The van der Waals surface area contributed by atoms with E-state index >= 15 is 0 Å². The van der Waals surface area contributed by atoms with E-state index in [2.05, 4.69) is 19.2 Å². The van der Waals surface area contributed by atoms with Crippen LogP contribution in [0.25, 0.3) is 0 Å². The Morgan fingerprint density at radius 2 is 1.81 bits per heavy atom. The van der Waals surface area contributed by atoms with Crippen LogP contribution in [0.3, 0.4) is 0 Å². The summed E-state index contributed by atoms with van der Waals surface area (Å²) >= 11 is 0. The normalized spacial score (nSPS) is 16.1. The lowest BCUT2D eigenvalue weighted by Gasteiger charge is -2.36. The van der Waals surface area contributed by atoms with Gasteiger partial charge in [0.2, 0.25) is 5.91 Å². The Bertz CT molecular complexity index is 767. The topological polar surface area (TPSA) is 47.6 Å². The molecule has 0 spiro atoms. The number of hydrogen-bond acceptors (Lipinski definition) is 3. The molecule has 2 aromatic carbocycles. The van der Waals surface area contributed by atoms with Gasteiger partial charge in [0.25, 0.3) is 0 Å². The fourth-order valence-electron chi connectivity index (χ4n) is 3.34. The summed E-state index contributed by atoms with van der Waals surface area (Å²) in [7, 11) is 0. The fourth-order valence-corrected chi connectivity index (χ4v) is 3.34. The van der Waals surface area contributed by atoms with Crippen molar-refractivity contribution in [1.29, 1.82) is 0 Å². The highest BCUT2D eigenvalue weighted by molar-refractivity contribution is 5.99. The van der Waals surface area contributed by atoms with Crippen molar-refractivity contribution in [1.82, 2.24) is 0 Å². The van der Waals surface area contributed by atoms with Crippen molar-refractivity contribution in [3.8, 4) is 5.75 Å². The fraction of sp³-hybridized carbons (Fsp3) is 0.409. The van der Waals surface area contributed by atoms with Crippen LogP contribution in [0.4, 0.5) is 10.1 Å². The van der Waals surface area contributed by atoms with E-state index in [-0.39, 0.29) is 11.7 Å².